The zero-order valence-electron chi connectivity index (χ0n) is 33.0. The number of carbonyl (C=O) groups is 6. The van der Waals surface area contributed by atoms with E-state index in [-0.39, 0.29) is 48.8 Å². The van der Waals surface area contributed by atoms with Crippen molar-refractivity contribution in [1.82, 2.24) is 15.2 Å². The summed E-state index contributed by atoms with van der Waals surface area (Å²) in [6.07, 6.45) is 1.05. The summed E-state index contributed by atoms with van der Waals surface area (Å²) < 4.78 is 11.6. The highest BCUT2D eigenvalue weighted by Crippen LogP contribution is 2.37. The number of thiazole rings is 1. The lowest BCUT2D eigenvalue weighted by Crippen LogP contribution is -2.54. The first-order valence-electron chi connectivity index (χ1n) is 19.7. The van der Waals surface area contributed by atoms with Crippen LogP contribution in [0.15, 0.2) is 84.9 Å². The van der Waals surface area contributed by atoms with Gasteiger partial charge in [0, 0.05) is 46.9 Å². The standard InChI is InChI=1S/C45H42N6O8S/c1-26-6-3-4-9-33(26)42(55)50-18-16-29-24-30(10-13-36(29)50)40-27(2)60-45(49-40)48-39(53)23-28-7-5-8-32(22-28)59-21-20-58-19-17-46-31-11-12-34-35(25-31)44(57)51(43(34)56)37-14-15-38(52)47-41(37)54/h3-13,22,24-25,37,46H,14-21,23H2,1-2H3,(H,47,52,54)(H,48,49,53). The SMILES string of the molecule is Cc1ccccc1C(=O)N1CCc2cc(-c3nc(NC(=O)Cc4cccc(OCCOCCNc5ccc6c(c5)C(=O)N(C5CCC(=O)NC5=O)C6=O)c4)sc3C)ccc21. The van der Waals surface area contributed by atoms with Gasteiger partial charge in [-0.2, -0.15) is 0 Å². The minimum absolute atomic E-state index is 0.00157. The van der Waals surface area contributed by atoms with Crippen molar-refractivity contribution in [1.29, 1.82) is 0 Å². The van der Waals surface area contributed by atoms with E-state index in [1.807, 2.05) is 79.4 Å². The average molecular weight is 827 g/mol. The first-order chi connectivity index (χ1) is 29.0. The molecule has 60 heavy (non-hydrogen) atoms. The Morgan fingerprint density at radius 2 is 1.72 bits per heavy atom. The number of amides is 6. The Balaban J connectivity index is 0.771. The molecule has 3 aliphatic rings. The summed E-state index contributed by atoms with van der Waals surface area (Å²) in [5.41, 5.74) is 7.21. The molecule has 1 fully saturated rings. The van der Waals surface area contributed by atoms with Crippen LogP contribution in [-0.4, -0.2) is 84.3 Å². The number of ether oxygens (including phenoxy) is 2. The van der Waals surface area contributed by atoms with E-state index >= 15 is 0 Å². The maximum atomic E-state index is 13.3. The first-order valence-corrected chi connectivity index (χ1v) is 20.5. The van der Waals surface area contributed by atoms with Gasteiger partial charge in [0.1, 0.15) is 18.4 Å². The van der Waals surface area contributed by atoms with Gasteiger partial charge >= 0.3 is 0 Å². The van der Waals surface area contributed by atoms with Crippen LogP contribution < -0.4 is 25.6 Å². The van der Waals surface area contributed by atoms with Gasteiger partial charge in [0.05, 0.1) is 36.5 Å². The summed E-state index contributed by atoms with van der Waals surface area (Å²) in [5.74, 6) is -1.78. The topological polar surface area (TPSA) is 176 Å². The van der Waals surface area contributed by atoms with E-state index in [4.69, 9.17) is 14.5 Å². The molecule has 0 radical (unpaired) electrons. The highest BCUT2D eigenvalue weighted by atomic mass is 32.1. The summed E-state index contributed by atoms with van der Waals surface area (Å²) in [7, 11) is 0. The van der Waals surface area contributed by atoms with E-state index < -0.39 is 29.7 Å². The fourth-order valence-electron chi connectivity index (χ4n) is 7.70. The molecule has 4 heterocycles. The van der Waals surface area contributed by atoms with Crippen molar-refractivity contribution >= 4 is 63.3 Å². The minimum atomic E-state index is -1.01. The molecule has 1 aromatic heterocycles. The number of nitrogens with one attached hydrogen (secondary N) is 3. The normalized spacial score (nSPS) is 15.8. The van der Waals surface area contributed by atoms with Crippen molar-refractivity contribution in [3.05, 3.63) is 123 Å². The molecular formula is C45H42N6O8S. The third-order valence-electron chi connectivity index (χ3n) is 10.7. The van der Waals surface area contributed by atoms with Crippen LogP contribution in [0.2, 0.25) is 0 Å². The largest absolute Gasteiger partial charge is 0.491 e. The number of benzene rings is 4. The van der Waals surface area contributed by atoms with Crippen molar-refractivity contribution < 1.29 is 38.2 Å². The fraction of sp³-hybridized carbons (Fsp3) is 0.267. The number of fused-ring (bicyclic) bond motifs is 2. The van der Waals surface area contributed by atoms with Crippen LogP contribution in [0.1, 0.15) is 65.5 Å². The second-order valence-electron chi connectivity index (χ2n) is 14.8. The van der Waals surface area contributed by atoms with E-state index in [9.17, 15) is 28.8 Å². The number of anilines is 3. The Kier molecular flexibility index (Phi) is 11.5. The molecule has 3 aliphatic heterocycles. The van der Waals surface area contributed by atoms with E-state index in [0.29, 0.717) is 48.4 Å². The minimum Gasteiger partial charge on any atom is -0.491 e. The zero-order valence-corrected chi connectivity index (χ0v) is 33.9. The molecule has 0 saturated carbocycles. The molecule has 0 bridgehead atoms. The third kappa shape index (κ3) is 8.40. The smallest absolute Gasteiger partial charge is 0.262 e. The van der Waals surface area contributed by atoms with Gasteiger partial charge in [-0.25, -0.2) is 4.98 Å². The Bertz CT molecular complexity index is 2550. The maximum Gasteiger partial charge on any atom is 0.262 e. The fourth-order valence-corrected chi connectivity index (χ4v) is 8.55. The van der Waals surface area contributed by atoms with Crippen LogP contribution in [0.5, 0.6) is 5.75 Å². The third-order valence-corrected chi connectivity index (χ3v) is 11.6. The van der Waals surface area contributed by atoms with Gasteiger partial charge in [-0.15, -0.1) is 11.3 Å². The molecule has 6 amide bonds. The number of carbonyl (C=O) groups excluding carboxylic acids is 6. The van der Waals surface area contributed by atoms with Crippen LogP contribution in [0.25, 0.3) is 11.3 Å². The van der Waals surface area contributed by atoms with Crippen LogP contribution in [0, 0.1) is 13.8 Å². The van der Waals surface area contributed by atoms with E-state index in [2.05, 4.69) is 22.0 Å². The van der Waals surface area contributed by atoms with Gasteiger partial charge in [0.2, 0.25) is 17.7 Å². The van der Waals surface area contributed by atoms with Crippen LogP contribution in [0.3, 0.4) is 0 Å². The molecule has 306 valence electrons. The molecule has 14 nitrogen and oxygen atoms in total. The number of imide groups is 2. The summed E-state index contributed by atoms with van der Waals surface area (Å²) in [6.45, 7) is 5.91. The summed E-state index contributed by atoms with van der Waals surface area (Å²) in [6, 6.07) is 24.8. The Hall–Kier alpha value is -6.71. The second kappa shape index (κ2) is 17.3. The molecule has 8 rings (SSSR count). The lowest BCUT2D eigenvalue weighted by Gasteiger charge is -2.27. The Morgan fingerprint density at radius 3 is 2.55 bits per heavy atom. The van der Waals surface area contributed by atoms with Crippen LogP contribution in [0.4, 0.5) is 16.5 Å². The molecule has 0 spiro atoms. The first kappa shape index (κ1) is 40.1. The molecule has 0 aliphatic carbocycles. The molecule has 15 heteroatoms. The lowest BCUT2D eigenvalue weighted by atomic mass is 10.0. The number of hydrogen-bond donors (Lipinski definition) is 3. The molecule has 3 N–H and O–H groups in total. The predicted molar refractivity (Wildman–Crippen MR) is 226 cm³/mol. The molecule has 4 aromatic carbocycles. The monoisotopic (exact) mass is 826 g/mol. The van der Waals surface area contributed by atoms with Gasteiger partial charge in [-0.3, -0.25) is 39.0 Å². The van der Waals surface area contributed by atoms with Crippen molar-refractivity contribution in [2.45, 2.75) is 45.6 Å². The van der Waals surface area contributed by atoms with Gasteiger partial charge in [-0.1, -0.05) is 36.4 Å². The summed E-state index contributed by atoms with van der Waals surface area (Å²) in [4.78, 5) is 84.8. The van der Waals surface area contributed by atoms with Crippen LogP contribution >= 0.6 is 11.3 Å². The number of rotatable bonds is 14. The summed E-state index contributed by atoms with van der Waals surface area (Å²) in [5, 5.41) is 8.83. The predicted octanol–water partition coefficient (Wildman–Crippen LogP) is 5.72. The number of aromatic nitrogens is 1. The molecular weight excluding hydrogens is 785 g/mol. The number of piperidine rings is 1. The highest BCUT2D eigenvalue weighted by molar-refractivity contribution is 7.16. The molecule has 1 saturated heterocycles. The van der Waals surface area contributed by atoms with Crippen molar-refractivity contribution in [2.75, 3.05) is 48.4 Å². The highest BCUT2D eigenvalue weighted by Gasteiger charge is 2.44. The van der Waals surface area contributed by atoms with Crippen molar-refractivity contribution in [3.63, 3.8) is 0 Å². The quantitative estimate of drug-likeness (QED) is 0.0928. The van der Waals surface area contributed by atoms with Crippen molar-refractivity contribution in [3.8, 4) is 17.0 Å². The zero-order chi connectivity index (χ0) is 41.9. The van der Waals surface area contributed by atoms with Gasteiger partial charge in [-0.05, 0) is 91.9 Å². The Morgan fingerprint density at radius 1 is 0.883 bits per heavy atom. The average Bonchev–Trinajstić information content (AvgIpc) is 3.89. The lowest BCUT2D eigenvalue weighted by molar-refractivity contribution is -0.136. The maximum absolute atomic E-state index is 13.3. The molecule has 5 aromatic rings. The van der Waals surface area contributed by atoms with Gasteiger partial charge < -0.3 is 25.0 Å². The number of nitrogens with zero attached hydrogens (tertiary/aromatic N) is 3. The second-order valence-corrected chi connectivity index (χ2v) is 16.0. The number of hydrogen-bond acceptors (Lipinski definition) is 11. The van der Waals surface area contributed by atoms with Gasteiger partial charge in [0.25, 0.3) is 17.7 Å². The van der Waals surface area contributed by atoms with Crippen molar-refractivity contribution in [2.24, 2.45) is 0 Å². The number of aryl methyl sites for hydroxylation is 2. The van der Waals surface area contributed by atoms with Gasteiger partial charge in [0.15, 0.2) is 5.13 Å². The van der Waals surface area contributed by atoms with Crippen LogP contribution in [-0.2, 0) is 32.0 Å². The van der Waals surface area contributed by atoms with E-state index in [1.54, 1.807) is 18.2 Å². The Labute approximate surface area is 349 Å². The summed E-state index contributed by atoms with van der Waals surface area (Å²) >= 11 is 1.42. The molecule has 1 unspecified atom stereocenters. The van der Waals surface area contributed by atoms with E-state index in [0.717, 1.165) is 49.8 Å². The van der Waals surface area contributed by atoms with E-state index in [1.165, 1.54) is 11.3 Å². The molecule has 1 atom stereocenters.